The first-order chi connectivity index (χ1) is 10.6. The van der Waals surface area contributed by atoms with E-state index in [1.807, 2.05) is 37.3 Å². The predicted octanol–water partition coefficient (Wildman–Crippen LogP) is 3.29. The molecule has 0 radical (unpaired) electrons. The smallest absolute Gasteiger partial charge is 0.340 e. The monoisotopic (exact) mass is 299 g/mol. The van der Waals surface area contributed by atoms with E-state index in [0.29, 0.717) is 6.41 Å². The van der Waals surface area contributed by atoms with E-state index in [2.05, 4.69) is 25.1 Å². The molecule has 0 saturated carbocycles. The molecule has 22 heavy (non-hydrogen) atoms. The Hall–Kier alpha value is -2.88. The van der Waals surface area contributed by atoms with Crippen LogP contribution in [0.1, 0.15) is 12.5 Å². The van der Waals surface area contributed by atoms with Crippen LogP contribution in [-0.4, -0.2) is 12.4 Å². The number of esters is 1. The Morgan fingerprint density at radius 2 is 1.77 bits per heavy atom. The fraction of sp³-hybridized carbons (Fsp3) is 0.111. The summed E-state index contributed by atoms with van der Waals surface area (Å²) < 4.78 is 5.14. The second kappa shape index (κ2) is 11.9. The zero-order valence-corrected chi connectivity index (χ0v) is 12.7. The van der Waals surface area contributed by atoms with Gasteiger partial charge >= 0.3 is 5.97 Å². The first kappa shape index (κ1) is 19.1. The summed E-state index contributed by atoms with van der Waals surface area (Å²) in [7, 11) is 0. The minimum absolute atomic E-state index is 0.155. The predicted molar refractivity (Wildman–Crippen MR) is 88.7 cm³/mol. The normalized spacial score (nSPS) is 10.0. The maximum absolute atomic E-state index is 11.9. The van der Waals surface area contributed by atoms with Crippen LogP contribution in [0.5, 0.6) is 0 Å². The summed E-state index contributed by atoms with van der Waals surface area (Å²) in [6, 6.07) is 9.29. The number of nitrogens with one attached hydrogen (secondary N) is 1. The lowest BCUT2D eigenvalue weighted by molar-refractivity contribution is -0.139. The largest absolute Gasteiger partial charge is 0.457 e. The molecule has 0 atom stereocenters. The van der Waals surface area contributed by atoms with Gasteiger partial charge in [-0.1, -0.05) is 55.6 Å². The highest BCUT2D eigenvalue weighted by Gasteiger charge is 2.12. The lowest BCUT2D eigenvalue weighted by Gasteiger charge is -2.08. The van der Waals surface area contributed by atoms with Crippen molar-refractivity contribution in [3.8, 4) is 0 Å². The molecule has 0 spiro atoms. The van der Waals surface area contributed by atoms with Crippen LogP contribution < -0.4 is 5.32 Å². The molecule has 4 nitrogen and oxygen atoms in total. The molecule has 0 aliphatic heterocycles. The van der Waals surface area contributed by atoms with Crippen LogP contribution in [0, 0.1) is 0 Å². The van der Waals surface area contributed by atoms with Crippen molar-refractivity contribution in [1.82, 2.24) is 5.32 Å². The molecule has 0 unspecified atom stereocenters. The summed E-state index contributed by atoms with van der Waals surface area (Å²) in [6.45, 7) is 12.4. The molecule has 0 bridgehead atoms. The van der Waals surface area contributed by atoms with E-state index in [-0.39, 0.29) is 17.9 Å². The first-order valence-corrected chi connectivity index (χ1v) is 6.61. The van der Waals surface area contributed by atoms with Crippen LogP contribution in [0.25, 0.3) is 0 Å². The molecule has 1 N–H and O–H groups in total. The van der Waals surface area contributed by atoms with Gasteiger partial charge < -0.3 is 10.1 Å². The van der Waals surface area contributed by atoms with Crippen molar-refractivity contribution in [2.45, 2.75) is 13.5 Å². The van der Waals surface area contributed by atoms with E-state index in [9.17, 15) is 9.59 Å². The molecular weight excluding hydrogens is 278 g/mol. The quantitative estimate of drug-likeness (QED) is 0.276. The number of amides is 1. The summed E-state index contributed by atoms with van der Waals surface area (Å²) in [5.74, 6) is -0.567. The highest BCUT2D eigenvalue weighted by molar-refractivity contribution is 5.93. The van der Waals surface area contributed by atoms with Gasteiger partial charge in [0, 0.05) is 0 Å². The van der Waals surface area contributed by atoms with Crippen LogP contribution in [0.2, 0.25) is 0 Å². The van der Waals surface area contributed by atoms with E-state index in [1.54, 1.807) is 6.08 Å². The Morgan fingerprint density at radius 3 is 2.23 bits per heavy atom. The van der Waals surface area contributed by atoms with Crippen LogP contribution in [0.3, 0.4) is 0 Å². The second-order valence-corrected chi connectivity index (χ2v) is 3.97. The Morgan fingerprint density at radius 1 is 1.18 bits per heavy atom. The molecule has 116 valence electrons. The van der Waals surface area contributed by atoms with Crippen LogP contribution in [0.15, 0.2) is 79.6 Å². The molecule has 4 heteroatoms. The minimum atomic E-state index is -0.567. The van der Waals surface area contributed by atoms with Gasteiger partial charge in [0.05, 0.1) is 11.3 Å². The van der Waals surface area contributed by atoms with Crippen molar-refractivity contribution >= 4 is 12.4 Å². The number of allylic oxidation sites excluding steroid dienone is 2. The van der Waals surface area contributed by atoms with Gasteiger partial charge in [-0.05, 0) is 18.6 Å². The number of carbonyl (C=O) groups is 2. The molecule has 1 amide bonds. The van der Waals surface area contributed by atoms with Crippen molar-refractivity contribution in [3.63, 3.8) is 0 Å². The Bertz CT molecular complexity index is 545. The van der Waals surface area contributed by atoms with E-state index in [1.165, 1.54) is 12.2 Å². The average molecular weight is 299 g/mol. The SMILES string of the molecule is C=C/C(NC=O)=C(\C=C)C(=O)OCc1ccccc1.C=CC. The maximum Gasteiger partial charge on any atom is 0.340 e. The van der Waals surface area contributed by atoms with Crippen LogP contribution in [0.4, 0.5) is 0 Å². The summed E-state index contributed by atoms with van der Waals surface area (Å²) in [5, 5.41) is 2.37. The third-order valence-electron chi connectivity index (χ3n) is 2.35. The standard InChI is InChI=1S/C15H15NO3.C3H6/c1-3-13(14(4-2)16-11-17)15(18)19-10-12-8-6-5-7-9-12;1-3-2/h3-9,11H,1-2,10H2,(H,16,17);3H,1H2,2H3/b14-13-;. The molecule has 0 aliphatic carbocycles. The van der Waals surface area contributed by atoms with Gasteiger partial charge in [-0.2, -0.15) is 0 Å². The lowest BCUT2D eigenvalue weighted by atomic mass is 10.2. The fourth-order valence-corrected chi connectivity index (χ4v) is 1.41. The number of rotatable bonds is 7. The van der Waals surface area contributed by atoms with Gasteiger partial charge in [-0.3, -0.25) is 4.79 Å². The van der Waals surface area contributed by atoms with Gasteiger partial charge in [-0.15, -0.1) is 6.58 Å². The molecule has 0 aromatic heterocycles. The van der Waals surface area contributed by atoms with Crippen molar-refractivity contribution in [2.75, 3.05) is 0 Å². The number of hydrogen-bond acceptors (Lipinski definition) is 3. The second-order valence-electron chi connectivity index (χ2n) is 3.97. The van der Waals surface area contributed by atoms with Crippen molar-refractivity contribution in [2.24, 2.45) is 0 Å². The highest BCUT2D eigenvalue weighted by atomic mass is 16.5. The van der Waals surface area contributed by atoms with Gasteiger partial charge in [-0.25, -0.2) is 4.79 Å². The van der Waals surface area contributed by atoms with Crippen LogP contribution in [-0.2, 0) is 20.9 Å². The van der Waals surface area contributed by atoms with E-state index >= 15 is 0 Å². The zero-order chi connectivity index (χ0) is 16.8. The van der Waals surface area contributed by atoms with Crippen molar-refractivity contribution in [3.05, 3.63) is 85.1 Å². The zero-order valence-electron chi connectivity index (χ0n) is 12.7. The summed E-state index contributed by atoms with van der Waals surface area (Å²) >= 11 is 0. The van der Waals surface area contributed by atoms with Gasteiger partial charge in [0.1, 0.15) is 6.61 Å². The van der Waals surface area contributed by atoms with E-state index < -0.39 is 5.97 Å². The highest BCUT2D eigenvalue weighted by Crippen LogP contribution is 2.09. The first-order valence-electron chi connectivity index (χ1n) is 6.61. The number of benzene rings is 1. The van der Waals surface area contributed by atoms with Gasteiger partial charge in [0.25, 0.3) is 0 Å². The molecule has 0 heterocycles. The van der Waals surface area contributed by atoms with Gasteiger partial charge in [0.15, 0.2) is 0 Å². The van der Waals surface area contributed by atoms with Gasteiger partial charge in [0.2, 0.25) is 6.41 Å². The van der Waals surface area contributed by atoms with E-state index in [4.69, 9.17) is 4.74 Å². The fourth-order valence-electron chi connectivity index (χ4n) is 1.41. The molecule has 1 rings (SSSR count). The molecular formula is C18H21NO3. The number of carbonyl (C=O) groups excluding carboxylic acids is 2. The summed E-state index contributed by atoms with van der Waals surface area (Å²) in [5.41, 5.74) is 1.31. The molecule has 0 saturated heterocycles. The number of ether oxygens (including phenoxy) is 1. The molecule has 1 aromatic rings. The molecule has 1 aromatic carbocycles. The lowest BCUT2D eigenvalue weighted by Crippen LogP contribution is -2.16. The van der Waals surface area contributed by atoms with Crippen LogP contribution >= 0.6 is 0 Å². The topological polar surface area (TPSA) is 55.4 Å². The van der Waals surface area contributed by atoms with Crippen molar-refractivity contribution in [1.29, 1.82) is 0 Å². The van der Waals surface area contributed by atoms with Crippen molar-refractivity contribution < 1.29 is 14.3 Å². The Balaban J connectivity index is 0.00000135. The minimum Gasteiger partial charge on any atom is -0.457 e. The maximum atomic E-state index is 11.9. The summed E-state index contributed by atoms with van der Waals surface area (Å²) in [4.78, 5) is 22.3. The van der Waals surface area contributed by atoms with E-state index in [0.717, 1.165) is 5.56 Å². The Labute approximate surface area is 131 Å². The number of hydrogen-bond donors (Lipinski definition) is 1. The third-order valence-corrected chi connectivity index (χ3v) is 2.35. The Kier molecular flexibility index (Phi) is 10.3. The average Bonchev–Trinajstić information content (AvgIpc) is 2.54. The summed E-state index contributed by atoms with van der Waals surface area (Å²) in [6.07, 6.45) is 4.89. The molecule has 0 aliphatic rings. The third kappa shape index (κ3) is 7.05. The molecule has 0 fully saturated rings.